The van der Waals surface area contributed by atoms with E-state index in [1.54, 1.807) is 0 Å². The van der Waals surface area contributed by atoms with Crippen LogP contribution in [-0.2, 0) is 0 Å². The van der Waals surface area contributed by atoms with Crippen LogP contribution >= 0.6 is 0 Å². The minimum Gasteiger partial charge on any atom is -0.0839 e. The molecule has 0 amide bonds. The molecular weight excluding hydrogens is 132 g/mol. The quantitative estimate of drug-likeness (QED) is 0.491. The van der Waals surface area contributed by atoms with Gasteiger partial charge in [0.2, 0.25) is 0 Å². The molecule has 0 nitrogen and oxygen atoms in total. The first-order chi connectivity index (χ1) is 5.50. The maximum absolute atomic E-state index is 2.14. The van der Waals surface area contributed by atoms with Gasteiger partial charge in [-0.05, 0) is 19.3 Å². The molecule has 0 aromatic rings. The van der Waals surface area contributed by atoms with Gasteiger partial charge in [0, 0.05) is 0 Å². The van der Waals surface area contributed by atoms with Crippen molar-refractivity contribution >= 4 is 0 Å². The lowest BCUT2D eigenvalue weighted by atomic mass is 10.2. The molecule has 0 aliphatic heterocycles. The van der Waals surface area contributed by atoms with Crippen LogP contribution in [0.3, 0.4) is 0 Å². The van der Waals surface area contributed by atoms with Crippen molar-refractivity contribution < 1.29 is 0 Å². The van der Waals surface area contributed by atoms with Gasteiger partial charge in [0.25, 0.3) is 0 Å². The summed E-state index contributed by atoms with van der Waals surface area (Å²) in [6.07, 6.45) is 21.0. The van der Waals surface area contributed by atoms with Gasteiger partial charge in [-0.3, -0.25) is 0 Å². The first-order valence-electron chi connectivity index (χ1n) is 3.97. The molecule has 1 aliphatic carbocycles. The average molecular weight is 145 g/mol. The molecule has 1 rings (SSSR count). The molecule has 0 fully saturated rings. The van der Waals surface area contributed by atoms with Crippen molar-refractivity contribution in [2.24, 2.45) is 0 Å². The van der Waals surface area contributed by atoms with Gasteiger partial charge in [-0.15, -0.1) is 0 Å². The normalized spacial score (nSPS) is 29.8. The highest BCUT2D eigenvalue weighted by molar-refractivity contribution is 5.14. The molecule has 0 saturated carbocycles. The van der Waals surface area contributed by atoms with Gasteiger partial charge in [0.1, 0.15) is 0 Å². The summed E-state index contributed by atoms with van der Waals surface area (Å²) < 4.78 is 0. The van der Waals surface area contributed by atoms with E-state index in [1.807, 2.05) is 0 Å². The second kappa shape index (κ2) is 5.72. The molecule has 0 N–H and O–H groups in total. The standard InChI is InChI=1S/C11H13/c1-2-4-6-8-10-11-9-7-5-3-1/h1-5,8-11H,6-7H2/b2-1-,5-3-,10-8-,11-9-. The number of rotatable bonds is 0. The summed E-state index contributed by atoms with van der Waals surface area (Å²) in [5.74, 6) is 0. The summed E-state index contributed by atoms with van der Waals surface area (Å²) >= 11 is 0. The van der Waals surface area contributed by atoms with Crippen LogP contribution in [0.5, 0.6) is 0 Å². The zero-order valence-corrected chi connectivity index (χ0v) is 6.61. The maximum Gasteiger partial charge on any atom is -0.0130 e. The fourth-order valence-corrected chi connectivity index (χ4v) is 0.850. The molecule has 0 spiro atoms. The molecule has 0 bridgehead atoms. The second-order valence-electron chi connectivity index (χ2n) is 2.38. The Balaban J connectivity index is 2.47. The van der Waals surface area contributed by atoms with Gasteiger partial charge in [-0.25, -0.2) is 0 Å². The van der Waals surface area contributed by atoms with E-state index in [0.29, 0.717) is 0 Å². The van der Waals surface area contributed by atoms with Crippen molar-refractivity contribution in [3.63, 3.8) is 0 Å². The van der Waals surface area contributed by atoms with E-state index in [0.717, 1.165) is 12.8 Å². The van der Waals surface area contributed by atoms with Gasteiger partial charge in [-0.1, -0.05) is 48.6 Å². The molecule has 0 heterocycles. The lowest BCUT2D eigenvalue weighted by Gasteiger charge is -1.81. The molecule has 11 heavy (non-hydrogen) atoms. The predicted molar refractivity (Wildman–Crippen MR) is 50.1 cm³/mol. The van der Waals surface area contributed by atoms with E-state index in [9.17, 15) is 0 Å². The van der Waals surface area contributed by atoms with Crippen molar-refractivity contribution in [2.45, 2.75) is 12.8 Å². The Morgan fingerprint density at radius 2 is 1.18 bits per heavy atom. The molecule has 0 saturated heterocycles. The fraction of sp³-hybridized carbons (Fsp3) is 0.182. The maximum atomic E-state index is 2.14. The molecule has 0 aromatic carbocycles. The van der Waals surface area contributed by atoms with E-state index < -0.39 is 0 Å². The van der Waals surface area contributed by atoms with Crippen molar-refractivity contribution in [3.05, 3.63) is 55.0 Å². The number of allylic oxidation sites excluding steroid dienone is 8. The second-order valence-corrected chi connectivity index (χ2v) is 2.38. The third-order valence-electron chi connectivity index (χ3n) is 1.42. The summed E-state index contributed by atoms with van der Waals surface area (Å²) in [7, 11) is 0. The summed E-state index contributed by atoms with van der Waals surface area (Å²) in [6.45, 7) is 0. The Bertz CT molecular complexity index is 170. The van der Waals surface area contributed by atoms with Gasteiger partial charge < -0.3 is 0 Å². The van der Waals surface area contributed by atoms with Crippen LogP contribution in [0, 0.1) is 6.42 Å². The van der Waals surface area contributed by atoms with E-state index >= 15 is 0 Å². The number of hydrogen-bond donors (Lipinski definition) is 0. The summed E-state index contributed by atoms with van der Waals surface area (Å²) in [5, 5.41) is 0. The first kappa shape index (κ1) is 8.06. The van der Waals surface area contributed by atoms with Crippen molar-refractivity contribution in [2.75, 3.05) is 0 Å². The van der Waals surface area contributed by atoms with Crippen LogP contribution in [0.15, 0.2) is 48.6 Å². The highest BCUT2D eigenvalue weighted by Gasteiger charge is 1.76. The van der Waals surface area contributed by atoms with Gasteiger partial charge in [-0.2, -0.15) is 0 Å². The smallest absolute Gasteiger partial charge is 0.0130 e. The fourth-order valence-electron chi connectivity index (χ4n) is 0.850. The van der Waals surface area contributed by atoms with Gasteiger partial charge in [0.15, 0.2) is 0 Å². The monoisotopic (exact) mass is 145 g/mol. The molecule has 0 heteroatoms. The van der Waals surface area contributed by atoms with Gasteiger partial charge in [0.05, 0.1) is 0 Å². The van der Waals surface area contributed by atoms with Gasteiger partial charge >= 0.3 is 0 Å². The zero-order chi connectivity index (χ0) is 7.78. The highest BCUT2D eigenvalue weighted by atomic mass is 13.8. The Morgan fingerprint density at radius 3 is 2.00 bits per heavy atom. The largest absolute Gasteiger partial charge is 0.0839 e. The Morgan fingerprint density at radius 1 is 0.545 bits per heavy atom. The zero-order valence-electron chi connectivity index (χ0n) is 6.61. The molecule has 0 aromatic heterocycles. The predicted octanol–water partition coefficient (Wildman–Crippen LogP) is 3.21. The van der Waals surface area contributed by atoms with Crippen LogP contribution in [0.1, 0.15) is 12.8 Å². The highest BCUT2D eigenvalue weighted by Crippen LogP contribution is 1.95. The van der Waals surface area contributed by atoms with E-state index in [2.05, 4.69) is 55.0 Å². The van der Waals surface area contributed by atoms with Crippen LogP contribution < -0.4 is 0 Å². The molecule has 0 atom stereocenters. The minimum absolute atomic E-state index is 1.02. The Kier molecular flexibility index (Phi) is 4.19. The topological polar surface area (TPSA) is 0 Å². The first-order valence-corrected chi connectivity index (χ1v) is 3.97. The molecule has 1 aliphatic rings. The van der Waals surface area contributed by atoms with E-state index in [4.69, 9.17) is 0 Å². The Hall–Kier alpha value is -1.04. The minimum atomic E-state index is 1.02. The van der Waals surface area contributed by atoms with Crippen molar-refractivity contribution in [1.29, 1.82) is 0 Å². The molecule has 57 valence electrons. The summed E-state index contributed by atoms with van der Waals surface area (Å²) in [5.41, 5.74) is 0. The van der Waals surface area contributed by atoms with Crippen LogP contribution in [0.4, 0.5) is 0 Å². The number of hydrogen-bond acceptors (Lipinski definition) is 0. The van der Waals surface area contributed by atoms with Crippen molar-refractivity contribution in [1.82, 2.24) is 0 Å². The average Bonchev–Trinajstić information content (AvgIpc) is 2.08. The molecular formula is C11H13. The summed E-state index contributed by atoms with van der Waals surface area (Å²) in [4.78, 5) is 0. The molecule has 1 radical (unpaired) electrons. The Labute approximate surface area is 68.6 Å². The van der Waals surface area contributed by atoms with Crippen LogP contribution in [0.2, 0.25) is 0 Å². The third kappa shape index (κ3) is 4.38. The third-order valence-corrected chi connectivity index (χ3v) is 1.42. The molecule has 0 unspecified atom stereocenters. The summed E-state index contributed by atoms with van der Waals surface area (Å²) in [6, 6.07) is 0. The lowest BCUT2D eigenvalue weighted by Crippen LogP contribution is -1.63. The van der Waals surface area contributed by atoms with Crippen LogP contribution in [0.25, 0.3) is 0 Å². The van der Waals surface area contributed by atoms with Crippen molar-refractivity contribution in [3.8, 4) is 0 Å². The lowest BCUT2D eigenvalue weighted by molar-refractivity contribution is 1.29. The van der Waals surface area contributed by atoms with Crippen LogP contribution in [-0.4, -0.2) is 0 Å². The SMILES string of the molecule is [CH]1/C=C\C=C/C/C=C\C=C/C1. The van der Waals surface area contributed by atoms with E-state index in [1.165, 1.54) is 0 Å². The van der Waals surface area contributed by atoms with E-state index in [-0.39, 0.29) is 0 Å².